The summed E-state index contributed by atoms with van der Waals surface area (Å²) in [6, 6.07) is 5.57. The monoisotopic (exact) mass is 211 g/mol. The summed E-state index contributed by atoms with van der Waals surface area (Å²) in [7, 11) is 0. The summed E-state index contributed by atoms with van der Waals surface area (Å²) in [5, 5.41) is 0. The molecule has 1 heterocycles. The Morgan fingerprint density at radius 1 is 0.857 bits per heavy atom. The molecule has 7 heavy (non-hydrogen) atoms. The predicted molar refractivity (Wildman–Crippen MR) is 28.9 cm³/mol. The van der Waals surface area contributed by atoms with Crippen LogP contribution in [0.5, 0.6) is 0 Å². The zero-order chi connectivity index (χ0) is 4.24. The van der Waals surface area contributed by atoms with Gasteiger partial charge in [0.05, 0.1) is 0 Å². The van der Waals surface area contributed by atoms with Crippen molar-refractivity contribution < 1.29 is 4.42 Å². The SMILES string of the molecule is [Te+2].c1cc[o+]cc1. The molecule has 0 unspecified atom stereocenters. The van der Waals surface area contributed by atoms with Gasteiger partial charge < -0.3 is 0 Å². The van der Waals surface area contributed by atoms with Crippen LogP contribution in [-0.4, -0.2) is 23.7 Å². The molecular formula is C5H5OTe+3. The molecule has 0 saturated carbocycles. The first kappa shape index (κ1) is 6.94. The van der Waals surface area contributed by atoms with Crippen molar-refractivity contribution in [3.63, 3.8) is 0 Å². The van der Waals surface area contributed by atoms with Gasteiger partial charge in [0.25, 0.3) is 0 Å². The molecule has 0 aliphatic heterocycles. The van der Waals surface area contributed by atoms with Crippen LogP contribution in [-0.2, 0) is 0 Å². The largest absolute Gasteiger partial charge is 2.00 e. The molecule has 0 spiro atoms. The Labute approximate surface area is 59.1 Å². The van der Waals surface area contributed by atoms with Crippen molar-refractivity contribution in [3.8, 4) is 0 Å². The van der Waals surface area contributed by atoms with Gasteiger partial charge in [0.2, 0.25) is 0 Å². The first-order valence-corrected chi connectivity index (χ1v) is 1.80. The molecule has 0 amide bonds. The normalized spacial score (nSPS) is 6.86. The molecule has 1 aromatic heterocycles. The van der Waals surface area contributed by atoms with Crippen molar-refractivity contribution >= 4 is 23.7 Å². The molecule has 1 rings (SSSR count). The smallest absolute Gasteiger partial charge is 0.224 e. The number of hydrogen-bond donors (Lipinski definition) is 0. The van der Waals surface area contributed by atoms with E-state index in [2.05, 4.69) is 4.42 Å². The molecule has 1 nitrogen and oxygen atoms in total. The van der Waals surface area contributed by atoms with Gasteiger partial charge in [-0.2, -0.15) is 0 Å². The predicted octanol–water partition coefficient (Wildman–Crippen LogP) is 1.18. The van der Waals surface area contributed by atoms with Gasteiger partial charge in [0.1, 0.15) is 0 Å². The Bertz CT molecular complexity index is 80.0. The molecule has 0 saturated heterocycles. The van der Waals surface area contributed by atoms with E-state index in [4.69, 9.17) is 0 Å². The van der Waals surface area contributed by atoms with Crippen LogP contribution in [0.2, 0.25) is 0 Å². The molecule has 0 aliphatic carbocycles. The van der Waals surface area contributed by atoms with E-state index in [0.717, 1.165) is 0 Å². The average molecular weight is 209 g/mol. The van der Waals surface area contributed by atoms with Crippen molar-refractivity contribution in [1.82, 2.24) is 0 Å². The fourth-order valence-corrected chi connectivity index (χ4v) is 0.291. The second-order valence-electron chi connectivity index (χ2n) is 0.986. The molecule has 1 aromatic rings. The van der Waals surface area contributed by atoms with Gasteiger partial charge >= 0.3 is 36.2 Å². The van der Waals surface area contributed by atoms with E-state index in [1.54, 1.807) is 12.5 Å². The topological polar surface area (TPSA) is 11.3 Å². The molecular weight excluding hydrogens is 204 g/mol. The Morgan fingerprint density at radius 3 is 1.57 bits per heavy atom. The van der Waals surface area contributed by atoms with E-state index in [-0.39, 0.29) is 23.7 Å². The molecule has 0 bridgehead atoms. The maximum absolute atomic E-state index is 4.68. The third-order valence-corrected chi connectivity index (χ3v) is 0.536. The van der Waals surface area contributed by atoms with Crippen molar-refractivity contribution in [2.24, 2.45) is 0 Å². The molecule has 4 radical (unpaired) electrons. The Balaban J connectivity index is 0.000000360. The van der Waals surface area contributed by atoms with Gasteiger partial charge in [-0.15, -0.1) is 0 Å². The second kappa shape index (κ2) is 4.11. The van der Waals surface area contributed by atoms with Crippen LogP contribution < -0.4 is 0 Å². The van der Waals surface area contributed by atoms with Gasteiger partial charge in [0, 0.05) is 12.1 Å². The Kier molecular flexibility index (Phi) is 4.07. The van der Waals surface area contributed by atoms with E-state index in [0.29, 0.717) is 0 Å². The van der Waals surface area contributed by atoms with E-state index >= 15 is 0 Å². The molecule has 0 atom stereocenters. The van der Waals surface area contributed by atoms with Gasteiger partial charge in [0.15, 0.2) is 0 Å². The zero-order valence-electron chi connectivity index (χ0n) is 3.70. The van der Waals surface area contributed by atoms with Gasteiger partial charge in [-0.3, -0.25) is 0 Å². The first-order chi connectivity index (χ1) is 3.00. The summed E-state index contributed by atoms with van der Waals surface area (Å²) < 4.78 is 4.68. The van der Waals surface area contributed by atoms with Crippen LogP contribution >= 0.6 is 0 Å². The minimum atomic E-state index is 0. The summed E-state index contributed by atoms with van der Waals surface area (Å²) in [6.45, 7) is 0. The van der Waals surface area contributed by atoms with Crippen LogP contribution in [0, 0.1) is 0 Å². The van der Waals surface area contributed by atoms with Crippen LogP contribution in [0.15, 0.2) is 35.1 Å². The third-order valence-electron chi connectivity index (χ3n) is 0.536. The average Bonchev–Trinajstić information content (AvgIpc) is 1.72. The fourth-order valence-electron chi connectivity index (χ4n) is 0.291. The van der Waals surface area contributed by atoms with Crippen LogP contribution in [0.4, 0.5) is 0 Å². The first-order valence-electron chi connectivity index (χ1n) is 1.80. The summed E-state index contributed by atoms with van der Waals surface area (Å²) >= 11 is 0. The number of rotatable bonds is 0. The van der Waals surface area contributed by atoms with Crippen LogP contribution in [0.1, 0.15) is 0 Å². The Hall–Kier alpha value is -0.0604. The minimum Gasteiger partial charge on any atom is -0.224 e. The van der Waals surface area contributed by atoms with Crippen molar-refractivity contribution in [3.05, 3.63) is 30.7 Å². The standard InChI is InChI=1S/C5H5O.Te/c1-2-4-6-5-3-1;/h1-5H;/q+1;+2. The molecule has 0 aromatic carbocycles. The molecule has 0 fully saturated rings. The van der Waals surface area contributed by atoms with Gasteiger partial charge in [-0.1, -0.05) is 0 Å². The van der Waals surface area contributed by atoms with Crippen molar-refractivity contribution in [2.75, 3.05) is 0 Å². The van der Waals surface area contributed by atoms with E-state index in [9.17, 15) is 0 Å². The van der Waals surface area contributed by atoms with Crippen molar-refractivity contribution in [2.45, 2.75) is 0 Å². The second-order valence-corrected chi connectivity index (χ2v) is 0.986. The fraction of sp³-hybridized carbons (Fsp3) is 0. The maximum atomic E-state index is 4.68. The van der Waals surface area contributed by atoms with Crippen LogP contribution in [0.3, 0.4) is 0 Å². The van der Waals surface area contributed by atoms with Gasteiger partial charge in [-0.25, -0.2) is 4.42 Å². The maximum Gasteiger partial charge on any atom is 2.00 e. The molecule has 34 valence electrons. The quantitative estimate of drug-likeness (QED) is 0.461. The van der Waals surface area contributed by atoms with Crippen molar-refractivity contribution in [1.29, 1.82) is 0 Å². The van der Waals surface area contributed by atoms with Gasteiger partial charge in [-0.05, 0) is 6.07 Å². The third kappa shape index (κ3) is 2.61. The number of hydrogen-bond acceptors (Lipinski definition) is 0. The summed E-state index contributed by atoms with van der Waals surface area (Å²) in [5.41, 5.74) is 0. The summed E-state index contributed by atoms with van der Waals surface area (Å²) in [4.78, 5) is 0. The summed E-state index contributed by atoms with van der Waals surface area (Å²) in [5.74, 6) is 0. The Morgan fingerprint density at radius 2 is 1.43 bits per heavy atom. The molecule has 0 aliphatic rings. The summed E-state index contributed by atoms with van der Waals surface area (Å²) in [6.07, 6.45) is 3.25. The van der Waals surface area contributed by atoms with E-state index in [1.165, 1.54) is 0 Å². The van der Waals surface area contributed by atoms with E-state index < -0.39 is 0 Å². The van der Waals surface area contributed by atoms with Crippen LogP contribution in [0.25, 0.3) is 0 Å². The molecule has 0 N–H and O–H groups in total. The van der Waals surface area contributed by atoms with E-state index in [1.807, 2.05) is 18.2 Å². The molecule has 2 heteroatoms. The zero-order valence-corrected chi connectivity index (χ0v) is 6.03. The minimum absolute atomic E-state index is 0.